The molecule has 4 N–H and O–H groups in total. The fourth-order valence-electron chi connectivity index (χ4n) is 1.43. The van der Waals surface area contributed by atoms with Gasteiger partial charge in [-0.05, 0) is 24.6 Å². The molecule has 0 spiro atoms. The molecule has 0 bridgehead atoms. The molecule has 0 aliphatic rings. The number of aryl methyl sites for hydroxylation is 1. The molecule has 7 heteroatoms. The van der Waals surface area contributed by atoms with Gasteiger partial charge in [0.05, 0.1) is 17.6 Å². The number of nitrogen functional groups attached to an aromatic ring is 1. The first-order valence-electron chi connectivity index (χ1n) is 4.87. The Kier molecular flexibility index (Phi) is 2.76. The predicted octanol–water partition coefficient (Wildman–Crippen LogP) is 1.10. The first-order valence-corrected chi connectivity index (χ1v) is 6.35. The van der Waals surface area contributed by atoms with E-state index in [9.17, 15) is 8.42 Å². The number of hydrogen-bond acceptors (Lipinski definition) is 4. The van der Waals surface area contributed by atoms with Crippen LogP contribution < -0.4 is 10.5 Å². The highest BCUT2D eigenvalue weighted by Gasteiger charge is 2.17. The van der Waals surface area contributed by atoms with Crippen LogP contribution in [0.4, 0.5) is 11.4 Å². The summed E-state index contributed by atoms with van der Waals surface area (Å²) < 4.78 is 26.4. The molecule has 6 nitrogen and oxygen atoms in total. The van der Waals surface area contributed by atoms with Gasteiger partial charge in [0.15, 0.2) is 0 Å². The van der Waals surface area contributed by atoms with Crippen molar-refractivity contribution in [3.05, 3.63) is 36.2 Å². The van der Waals surface area contributed by atoms with Crippen molar-refractivity contribution in [2.24, 2.45) is 0 Å². The highest BCUT2D eigenvalue weighted by atomic mass is 32.2. The van der Waals surface area contributed by atoms with Crippen LogP contribution in [-0.4, -0.2) is 18.6 Å². The molecule has 0 amide bonds. The second-order valence-corrected chi connectivity index (χ2v) is 5.28. The van der Waals surface area contributed by atoms with Crippen molar-refractivity contribution >= 4 is 21.4 Å². The fraction of sp³-hybridized carbons (Fsp3) is 0.100. The van der Waals surface area contributed by atoms with E-state index in [0.717, 1.165) is 5.56 Å². The van der Waals surface area contributed by atoms with Gasteiger partial charge in [0.1, 0.15) is 4.90 Å². The molecule has 0 aliphatic heterocycles. The minimum atomic E-state index is -3.67. The maximum absolute atomic E-state index is 12.0. The molecule has 1 aromatic carbocycles. The summed E-state index contributed by atoms with van der Waals surface area (Å²) in [6, 6.07) is 4.79. The summed E-state index contributed by atoms with van der Waals surface area (Å²) in [7, 11) is -3.67. The Bertz CT molecular complexity index is 620. The van der Waals surface area contributed by atoms with Crippen LogP contribution in [0.5, 0.6) is 0 Å². The molecule has 0 saturated carbocycles. The summed E-state index contributed by atoms with van der Waals surface area (Å²) in [5.41, 5.74) is 7.19. The Balaban J connectivity index is 2.38. The van der Waals surface area contributed by atoms with E-state index in [4.69, 9.17) is 5.73 Å². The molecular weight excluding hydrogens is 240 g/mol. The normalized spacial score (nSPS) is 11.4. The third-order valence-electron chi connectivity index (χ3n) is 2.21. The Morgan fingerprint density at radius 3 is 2.76 bits per heavy atom. The molecule has 90 valence electrons. The number of nitrogens with one attached hydrogen (secondary N) is 2. The molecule has 0 aliphatic carbocycles. The van der Waals surface area contributed by atoms with Crippen LogP contribution in [0.3, 0.4) is 0 Å². The third kappa shape index (κ3) is 2.39. The lowest BCUT2D eigenvalue weighted by atomic mass is 10.2. The Morgan fingerprint density at radius 1 is 1.41 bits per heavy atom. The highest BCUT2D eigenvalue weighted by Crippen LogP contribution is 2.21. The van der Waals surface area contributed by atoms with Gasteiger partial charge >= 0.3 is 0 Å². The molecule has 0 saturated heterocycles. The standard InChI is InChI=1S/C10H12N4O2S/c1-7-2-3-10(9(11)4-7)17(15,16)14-8-5-12-13-6-8/h2-6,14H,11H2,1H3,(H,12,13). The van der Waals surface area contributed by atoms with E-state index in [-0.39, 0.29) is 10.6 Å². The van der Waals surface area contributed by atoms with Crippen molar-refractivity contribution in [3.8, 4) is 0 Å². The summed E-state index contributed by atoms with van der Waals surface area (Å²) in [6.07, 6.45) is 2.82. The van der Waals surface area contributed by atoms with E-state index >= 15 is 0 Å². The number of hydrogen-bond donors (Lipinski definition) is 3. The largest absolute Gasteiger partial charge is 0.398 e. The van der Waals surface area contributed by atoms with Crippen LogP contribution in [-0.2, 0) is 10.0 Å². The van der Waals surface area contributed by atoms with Crippen LogP contribution >= 0.6 is 0 Å². The number of aromatic amines is 1. The van der Waals surface area contributed by atoms with Crippen molar-refractivity contribution in [2.75, 3.05) is 10.5 Å². The van der Waals surface area contributed by atoms with Gasteiger partial charge in [-0.15, -0.1) is 0 Å². The molecule has 0 radical (unpaired) electrons. The number of nitrogens with two attached hydrogens (primary N) is 1. The Hall–Kier alpha value is -2.02. The lowest BCUT2D eigenvalue weighted by molar-refractivity contribution is 0.601. The molecule has 0 atom stereocenters. The van der Waals surface area contributed by atoms with E-state index < -0.39 is 10.0 Å². The zero-order chi connectivity index (χ0) is 12.5. The summed E-state index contributed by atoms with van der Waals surface area (Å²) in [5, 5.41) is 6.17. The van der Waals surface area contributed by atoms with Gasteiger partial charge in [-0.1, -0.05) is 6.07 Å². The summed E-state index contributed by atoms with van der Waals surface area (Å²) in [5.74, 6) is 0. The van der Waals surface area contributed by atoms with E-state index in [1.807, 2.05) is 6.92 Å². The second kappa shape index (κ2) is 4.10. The van der Waals surface area contributed by atoms with Crippen LogP contribution in [0.15, 0.2) is 35.5 Å². The molecule has 2 aromatic rings. The van der Waals surface area contributed by atoms with E-state index in [1.54, 1.807) is 12.1 Å². The van der Waals surface area contributed by atoms with Gasteiger partial charge in [0.2, 0.25) is 0 Å². The Labute approximate surface area is 98.9 Å². The van der Waals surface area contributed by atoms with Crippen molar-refractivity contribution in [3.63, 3.8) is 0 Å². The Morgan fingerprint density at radius 2 is 2.18 bits per heavy atom. The van der Waals surface area contributed by atoms with Crippen molar-refractivity contribution in [1.29, 1.82) is 0 Å². The maximum atomic E-state index is 12.0. The first-order chi connectivity index (χ1) is 7.99. The lowest BCUT2D eigenvalue weighted by Crippen LogP contribution is -2.14. The smallest absolute Gasteiger partial charge is 0.264 e. The van der Waals surface area contributed by atoms with Crippen LogP contribution in [0, 0.1) is 6.92 Å². The zero-order valence-corrected chi connectivity index (χ0v) is 9.95. The molecule has 1 aromatic heterocycles. The van der Waals surface area contributed by atoms with E-state index in [2.05, 4.69) is 14.9 Å². The average Bonchev–Trinajstić information content (AvgIpc) is 2.68. The van der Waals surface area contributed by atoms with Crippen LogP contribution in [0.2, 0.25) is 0 Å². The van der Waals surface area contributed by atoms with Crippen LogP contribution in [0.1, 0.15) is 5.56 Å². The fourth-order valence-corrected chi connectivity index (χ4v) is 2.58. The third-order valence-corrected chi connectivity index (χ3v) is 3.66. The number of anilines is 2. The molecule has 2 rings (SSSR count). The monoisotopic (exact) mass is 252 g/mol. The number of H-pyrrole nitrogens is 1. The van der Waals surface area contributed by atoms with Gasteiger partial charge < -0.3 is 5.73 Å². The topological polar surface area (TPSA) is 101 Å². The SMILES string of the molecule is Cc1ccc(S(=O)(=O)Nc2cn[nH]c2)c(N)c1. The minimum Gasteiger partial charge on any atom is -0.398 e. The minimum absolute atomic E-state index is 0.0595. The summed E-state index contributed by atoms with van der Waals surface area (Å²) >= 11 is 0. The quantitative estimate of drug-likeness (QED) is 0.712. The number of nitrogens with zero attached hydrogens (tertiary/aromatic N) is 1. The predicted molar refractivity (Wildman–Crippen MR) is 65.0 cm³/mol. The lowest BCUT2D eigenvalue weighted by Gasteiger charge is -2.08. The van der Waals surface area contributed by atoms with Gasteiger partial charge in [-0.2, -0.15) is 5.10 Å². The number of rotatable bonds is 3. The van der Waals surface area contributed by atoms with Gasteiger partial charge in [0.25, 0.3) is 10.0 Å². The highest BCUT2D eigenvalue weighted by molar-refractivity contribution is 7.92. The van der Waals surface area contributed by atoms with Gasteiger partial charge in [-0.3, -0.25) is 9.82 Å². The summed E-state index contributed by atoms with van der Waals surface area (Å²) in [6.45, 7) is 1.84. The molecule has 0 unspecified atom stereocenters. The maximum Gasteiger partial charge on any atom is 0.264 e. The van der Waals surface area contributed by atoms with Gasteiger partial charge in [-0.25, -0.2) is 8.42 Å². The zero-order valence-electron chi connectivity index (χ0n) is 9.14. The molecule has 1 heterocycles. The summed E-state index contributed by atoms with van der Waals surface area (Å²) in [4.78, 5) is 0.0595. The second-order valence-electron chi connectivity index (χ2n) is 3.63. The average molecular weight is 252 g/mol. The molecule has 17 heavy (non-hydrogen) atoms. The van der Waals surface area contributed by atoms with Crippen molar-refractivity contribution < 1.29 is 8.42 Å². The number of sulfonamides is 1. The first kappa shape index (κ1) is 11.5. The van der Waals surface area contributed by atoms with Crippen molar-refractivity contribution in [2.45, 2.75) is 11.8 Å². The van der Waals surface area contributed by atoms with Crippen LogP contribution in [0.25, 0.3) is 0 Å². The van der Waals surface area contributed by atoms with Gasteiger partial charge in [0, 0.05) is 6.20 Å². The van der Waals surface area contributed by atoms with E-state index in [0.29, 0.717) is 5.69 Å². The molecule has 0 fully saturated rings. The van der Waals surface area contributed by atoms with Crippen molar-refractivity contribution in [1.82, 2.24) is 10.2 Å². The van der Waals surface area contributed by atoms with E-state index in [1.165, 1.54) is 18.5 Å². The molecular formula is C10H12N4O2S. The number of benzene rings is 1. The number of aromatic nitrogens is 2.